The average Bonchev–Trinajstić information content (AvgIpc) is 3.33. The summed E-state index contributed by atoms with van der Waals surface area (Å²) in [5.41, 5.74) is 6.67. The van der Waals surface area contributed by atoms with Gasteiger partial charge in [0.1, 0.15) is 36.3 Å². The van der Waals surface area contributed by atoms with Gasteiger partial charge in [-0.15, -0.1) is 0 Å². The van der Waals surface area contributed by atoms with Gasteiger partial charge in [-0.05, 0) is 29.8 Å². The van der Waals surface area contributed by atoms with E-state index in [-0.39, 0.29) is 5.82 Å². The lowest BCUT2D eigenvalue weighted by atomic mass is 10.0. The van der Waals surface area contributed by atoms with Gasteiger partial charge in [0.15, 0.2) is 6.23 Å². The first-order valence-electron chi connectivity index (χ1n) is 10.3. The van der Waals surface area contributed by atoms with Crippen LogP contribution in [0.5, 0.6) is 0 Å². The molecule has 0 saturated carbocycles. The van der Waals surface area contributed by atoms with Crippen LogP contribution in [0.25, 0.3) is 11.1 Å². The van der Waals surface area contributed by atoms with Crippen LogP contribution < -0.4 is 5.43 Å². The van der Waals surface area contributed by atoms with Crippen molar-refractivity contribution in [2.45, 2.75) is 31.1 Å². The molecule has 0 spiro atoms. The van der Waals surface area contributed by atoms with Crippen molar-refractivity contribution < 1.29 is 24.4 Å². The number of aliphatic imine (C=N–C) groups is 1. The van der Waals surface area contributed by atoms with Crippen LogP contribution in [-0.4, -0.2) is 56.2 Å². The van der Waals surface area contributed by atoms with Gasteiger partial charge in [0, 0.05) is 17.3 Å². The molecule has 1 aromatic heterocycles. The molecule has 4 N–H and O–H groups in total. The van der Waals surface area contributed by atoms with Crippen LogP contribution in [-0.2, 0) is 11.3 Å². The van der Waals surface area contributed by atoms with Gasteiger partial charge < -0.3 is 24.6 Å². The van der Waals surface area contributed by atoms with Gasteiger partial charge in [-0.1, -0.05) is 30.3 Å². The lowest BCUT2D eigenvalue weighted by Crippen LogP contribution is -2.33. The number of aliphatic hydroxyl groups is 3. The minimum absolute atomic E-state index is 0.313. The number of aliphatic hydroxyl groups excluding tert-OH is 3. The van der Waals surface area contributed by atoms with Crippen molar-refractivity contribution in [3.8, 4) is 11.1 Å². The second kappa shape index (κ2) is 8.36. The zero-order valence-electron chi connectivity index (χ0n) is 17.0. The molecule has 166 valence electrons. The molecule has 3 heterocycles. The van der Waals surface area contributed by atoms with Crippen molar-refractivity contribution in [1.29, 1.82) is 0 Å². The molecule has 0 radical (unpaired) electrons. The number of hydrazine groups is 1. The summed E-state index contributed by atoms with van der Waals surface area (Å²) in [6, 6.07) is 15.8. The Morgan fingerprint density at radius 2 is 1.81 bits per heavy atom. The van der Waals surface area contributed by atoms with Crippen molar-refractivity contribution in [2.24, 2.45) is 4.99 Å². The van der Waals surface area contributed by atoms with E-state index in [9.17, 15) is 19.7 Å². The van der Waals surface area contributed by atoms with Crippen LogP contribution in [0.15, 0.2) is 65.8 Å². The van der Waals surface area contributed by atoms with Crippen LogP contribution >= 0.6 is 0 Å². The van der Waals surface area contributed by atoms with Gasteiger partial charge in [0.25, 0.3) is 0 Å². The van der Waals surface area contributed by atoms with E-state index in [1.54, 1.807) is 28.0 Å². The second-order valence-corrected chi connectivity index (χ2v) is 7.84. The van der Waals surface area contributed by atoms with Gasteiger partial charge in [0.2, 0.25) is 0 Å². The largest absolute Gasteiger partial charge is 0.394 e. The minimum Gasteiger partial charge on any atom is -0.394 e. The Labute approximate surface area is 183 Å². The van der Waals surface area contributed by atoms with Gasteiger partial charge >= 0.3 is 0 Å². The molecular weight excluding hydrogens is 415 g/mol. The van der Waals surface area contributed by atoms with E-state index < -0.39 is 31.1 Å². The van der Waals surface area contributed by atoms with Gasteiger partial charge in [-0.2, -0.15) is 0 Å². The molecule has 4 atom stereocenters. The maximum absolute atomic E-state index is 13.2. The summed E-state index contributed by atoms with van der Waals surface area (Å²) in [5.74, 6) is 0.280. The second-order valence-electron chi connectivity index (χ2n) is 7.84. The van der Waals surface area contributed by atoms with E-state index in [1.807, 2.05) is 36.5 Å². The average molecular weight is 438 g/mol. The predicted molar refractivity (Wildman–Crippen MR) is 117 cm³/mol. The predicted octanol–water partition coefficient (Wildman–Crippen LogP) is 2.41. The topological polar surface area (TPSA) is 102 Å². The summed E-state index contributed by atoms with van der Waals surface area (Å²) in [7, 11) is 0. The van der Waals surface area contributed by atoms with Gasteiger partial charge in [-0.25, -0.2) is 9.38 Å². The SMILES string of the molecule is OC[C@H]1O[C@@H](n2cc(-c3ccccc3)c3c2N=CN(Nc2ccc(F)cc2)C3)[C@H](O)[C@@H]1O. The molecule has 2 aromatic carbocycles. The monoisotopic (exact) mass is 438 g/mol. The standard InChI is InChI=1S/C23H23FN4O4/c24-15-6-8-16(9-7-15)26-27-10-18-17(14-4-2-1-3-5-14)11-28(22(18)25-13-27)23-21(31)20(30)19(12-29)32-23/h1-9,11,13,19-21,23,26,29-31H,10,12H2/t19-,20-,21-,23-/m1/s1. The number of nitrogens with one attached hydrogen (secondary N) is 1. The number of hydrogen-bond acceptors (Lipinski definition) is 7. The Kier molecular flexibility index (Phi) is 5.40. The van der Waals surface area contributed by atoms with E-state index >= 15 is 0 Å². The molecule has 8 nitrogen and oxygen atoms in total. The zero-order chi connectivity index (χ0) is 22.2. The fourth-order valence-corrected chi connectivity index (χ4v) is 4.12. The number of anilines is 1. The Morgan fingerprint density at radius 3 is 2.50 bits per heavy atom. The van der Waals surface area contributed by atoms with E-state index in [1.165, 1.54) is 12.1 Å². The quantitative estimate of drug-likeness (QED) is 0.488. The number of ether oxygens (including phenoxy) is 1. The molecule has 2 aliphatic rings. The van der Waals surface area contributed by atoms with Gasteiger partial charge in [-0.3, -0.25) is 10.4 Å². The Bertz CT molecular complexity index is 1120. The summed E-state index contributed by atoms with van der Waals surface area (Å²) in [6.45, 7) is 0.0462. The Hall–Kier alpha value is -3.24. The normalized spacial score (nSPS) is 24.6. The highest BCUT2D eigenvalue weighted by molar-refractivity contribution is 5.77. The molecule has 5 rings (SSSR count). The van der Waals surface area contributed by atoms with Gasteiger partial charge in [0.05, 0.1) is 18.8 Å². The first kappa shape index (κ1) is 20.7. The third-order valence-electron chi connectivity index (χ3n) is 5.75. The fraction of sp³-hybridized carbons (Fsp3) is 0.261. The molecule has 0 amide bonds. The molecule has 2 aliphatic heterocycles. The first-order valence-corrected chi connectivity index (χ1v) is 10.3. The van der Waals surface area contributed by atoms with E-state index in [2.05, 4.69) is 10.4 Å². The molecule has 9 heteroatoms. The van der Waals surface area contributed by atoms with Crippen molar-refractivity contribution >= 4 is 17.8 Å². The number of rotatable bonds is 5. The van der Waals surface area contributed by atoms with Crippen molar-refractivity contribution in [1.82, 2.24) is 9.58 Å². The summed E-state index contributed by atoms with van der Waals surface area (Å²) < 4.78 is 20.7. The third-order valence-corrected chi connectivity index (χ3v) is 5.75. The number of hydrogen-bond donors (Lipinski definition) is 4. The van der Waals surface area contributed by atoms with Crippen LogP contribution in [0.4, 0.5) is 15.9 Å². The number of halogens is 1. The molecule has 1 saturated heterocycles. The smallest absolute Gasteiger partial charge is 0.164 e. The lowest BCUT2D eigenvalue weighted by molar-refractivity contribution is -0.0518. The van der Waals surface area contributed by atoms with Crippen LogP contribution in [0.2, 0.25) is 0 Å². The Morgan fingerprint density at radius 1 is 1.06 bits per heavy atom. The summed E-state index contributed by atoms with van der Waals surface area (Å²) >= 11 is 0. The number of aromatic nitrogens is 1. The maximum Gasteiger partial charge on any atom is 0.164 e. The number of nitrogens with zero attached hydrogens (tertiary/aromatic N) is 3. The van der Waals surface area contributed by atoms with Crippen molar-refractivity contribution in [2.75, 3.05) is 12.0 Å². The Balaban J connectivity index is 1.51. The van der Waals surface area contributed by atoms with E-state index in [4.69, 9.17) is 4.74 Å². The van der Waals surface area contributed by atoms with Crippen molar-refractivity contribution in [3.05, 3.63) is 72.2 Å². The first-order chi connectivity index (χ1) is 15.5. The van der Waals surface area contributed by atoms with Crippen molar-refractivity contribution in [3.63, 3.8) is 0 Å². The number of fused-ring (bicyclic) bond motifs is 1. The molecule has 0 unspecified atom stereocenters. The highest BCUT2D eigenvalue weighted by Gasteiger charge is 2.44. The third kappa shape index (κ3) is 3.65. The van der Waals surface area contributed by atoms with Crippen LogP contribution in [0, 0.1) is 5.82 Å². The molecule has 1 fully saturated rings. The van der Waals surface area contributed by atoms with E-state index in [0.29, 0.717) is 18.1 Å². The maximum atomic E-state index is 13.2. The molecular formula is C23H23FN4O4. The molecule has 0 bridgehead atoms. The highest BCUT2D eigenvalue weighted by Crippen LogP contribution is 2.41. The zero-order valence-corrected chi connectivity index (χ0v) is 17.0. The van der Waals surface area contributed by atoms with Crippen LogP contribution in [0.1, 0.15) is 11.8 Å². The summed E-state index contributed by atoms with van der Waals surface area (Å²) in [6.07, 6.45) is -0.720. The van der Waals surface area contributed by atoms with E-state index in [0.717, 1.165) is 16.7 Å². The highest BCUT2D eigenvalue weighted by atomic mass is 19.1. The minimum atomic E-state index is -1.21. The fourth-order valence-electron chi connectivity index (χ4n) is 4.12. The molecule has 32 heavy (non-hydrogen) atoms. The number of benzene rings is 2. The molecule has 0 aliphatic carbocycles. The molecule has 3 aromatic rings. The summed E-state index contributed by atoms with van der Waals surface area (Å²) in [5, 5.41) is 32.0. The summed E-state index contributed by atoms with van der Waals surface area (Å²) in [4.78, 5) is 4.58. The lowest BCUT2D eigenvalue weighted by Gasteiger charge is -2.26. The van der Waals surface area contributed by atoms with Crippen LogP contribution in [0.3, 0.4) is 0 Å².